The third-order valence-corrected chi connectivity index (χ3v) is 3.56. The molecule has 0 bridgehead atoms. The van der Waals surface area contributed by atoms with E-state index in [9.17, 15) is 4.79 Å². The molecule has 6 nitrogen and oxygen atoms in total. The van der Waals surface area contributed by atoms with Gasteiger partial charge in [-0.3, -0.25) is 0 Å². The molecule has 0 heterocycles. The van der Waals surface area contributed by atoms with Gasteiger partial charge in [0.25, 0.3) is 0 Å². The lowest BCUT2D eigenvalue weighted by molar-refractivity contribution is 0.240. The fourth-order valence-electron chi connectivity index (χ4n) is 2.35. The van der Waals surface area contributed by atoms with Crippen LogP contribution in [0.3, 0.4) is 0 Å². The van der Waals surface area contributed by atoms with Crippen molar-refractivity contribution in [3.05, 3.63) is 53.6 Å². The predicted molar refractivity (Wildman–Crippen MR) is 96.2 cm³/mol. The Hall–Kier alpha value is -2.89. The summed E-state index contributed by atoms with van der Waals surface area (Å²) >= 11 is 0. The Morgan fingerprint density at radius 1 is 0.920 bits per heavy atom. The number of methoxy groups -OCH3 is 2. The standard InChI is InChI=1S/C19H24N2O4/c1-4-25-18-16(23-2)10-15(11-17(18)24-3)13-21-19(22)20-12-14-8-6-5-7-9-14/h5-11H,4,12-13H2,1-3H3,(H2,20,21,22). The first-order chi connectivity index (χ1) is 12.2. The molecule has 0 aliphatic carbocycles. The van der Waals surface area contributed by atoms with E-state index in [0.717, 1.165) is 11.1 Å². The molecule has 2 rings (SSSR count). The lowest BCUT2D eigenvalue weighted by Crippen LogP contribution is -2.34. The molecule has 0 radical (unpaired) electrons. The quantitative estimate of drug-likeness (QED) is 0.772. The number of hydrogen-bond acceptors (Lipinski definition) is 4. The first-order valence-corrected chi connectivity index (χ1v) is 8.11. The zero-order valence-electron chi connectivity index (χ0n) is 14.8. The Balaban J connectivity index is 1.96. The SMILES string of the molecule is CCOc1c(OC)cc(CNC(=O)NCc2ccccc2)cc1OC. The van der Waals surface area contributed by atoms with E-state index >= 15 is 0 Å². The molecule has 0 spiro atoms. The summed E-state index contributed by atoms with van der Waals surface area (Å²) in [6.45, 7) is 3.22. The maximum Gasteiger partial charge on any atom is 0.315 e. The van der Waals surface area contributed by atoms with Crippen molar-refractivity contribution in [3.8, 4) is 17.2 Å². The minimum Gasteiger partial charge on any atom is -0.493 e. The van der Waals surface area contributed by atoms with Gasteiger partial charge in [0.1, 0.15) is 0 Å². The number of benzene rings is 2. The third-order valence-electron chi connectivity index (χ3n) is 3.56. The molecular weight excluding hydrogens is 320 g/mol. The molecule has 0 fully saturated rings. The number of hydrogen-bond donors (Lipinski definition) is 2. The molecular formula is C19H24N2O4. The average Bonchev–Trinajstić information content (AvgIpc) is 2.66. The zero-order valence-corrected chi connectivity index (χ0v) is 14.8. The van der Waals surface area contributed by atoms with E-state index in [1.54, 1.807) is 14.2 Å². The highest BCUT2D eigenvalue weighted by Crippen LogP contribution is 2.38. The Morgan fingerprint density at radius 3 is 2.00 bits per heavy atom. The molecule has 0 aliphatic heterocycles. The number of rotatable bonds is 8. The first-order valence-electron chi connectivity index (χ1n) is 8.11. The van der Waals surface area contributed by atoms with Crippen LogP contribution in [0.1, 0.15) is 18.1 Å². The number of carbonyl (C=O) groups is 1. The lowest BCUT2D eigenvalue weighted by atomic mass is 10.2. The fourth-order valence-corrected chi connectivity index (χ4v) is 2.35. The topological polar surface area (TPSA) is 68.8 Å². The second-order valence-corrected chi connectivity index (χ2v) is 5.28. The molecule has 2 aromatic carbocycles. The van der Waals surface area contributed by atoms with Crippen molar-refractivity contribution in [1.29, 1.82) is 0 Å². The van der Waals surface area contributed by atoms with Crippen LogP contribution in [0.5, 0.6) is 17.2 Å². The van der Waals surface area contributed by atoms with E-state index < -0.39 is 0 Å². The van der Waals surface area contributed by atoms with Gasteiger partial charge in [-0.15, -0.1) is 0 Å². The molecule has 0 saturated heterocycles. The van der Waals surface area contributed by atoms with Crippen LogP contribution in [0.25, 0.3) is 0 Å². The molecule has 0 atom stereocenters. The van der Waals surface area contributed by atoms with Crippen LogP contribution in [0.15, 0.2) is 42.5 Å². The van der Waals surface area contributed by atoms with Crippen LogP contribution < -0.4 is 24.8 Å². The first kappa shape index (κ1) is 18.4. The molecule has 2 N–H and O–H groups in total. The van der Waals surface area contributed by atoms with Crippen molar-refractivity contribution < 1.29 is 19.0 Å². The maximum absolute atomic E-state index is 12.0. The van der Waals surface area contributed by atoms with Crippen molar-refractivity contribution in [2.24, 2.45) is 0 Å². The monoisotopic (exact) mass is 344 g/mol. The average molecular weight is 344 g/mol. The summed E-state index contributed by atoms with van der Waals surface area (Å²) in [5.74, 6) is 1.70. The van der Waals surface area contributed by atoms with Gasteiger partial charge in [-0.25, -0.2) is 4.79 Å². The Labute approximate surface area is 148 Å². The minimum absolute atomic E-state index is 0.240. The summed E-state index contributed by atoms with van der Waals surface area (Å²) in [6.07, 6.45) is 0. The second kappa shape index (κ2) is 9.42. The third kappa shape index (κ3) is 5.31. The van der Waals surface area contributed by atoms with Crippen LogP contribution in [-0.4, -0.2) is 26.9 Å². The van der Waals surface area contributed by atoms with Gasteiger partial charge in [0.15, 0.2) is 11.5 Å². The molecule has 25 heavy (non-hydrogen) atoms. The summed E-state index contributed by atoms with van der Waals surface area (Å²) in [5.41, 5.74) is 1.90. The van der Waals surface area contributed by atoms with Crippen LogP contribution in [0.4, 0.5) is 4.79 Å². The second-order valence-electron chi connectivity index (χ2n) is 5.28. The van der Waals surface area contributed by atoms with Crippen LogP contribution >= 0.6 is 0 Å². The van der Waals surface area contributed by atoms with Gasteiger partial charge in [0, 0.05) is 13.1 Å². The number of ether oxygens (including phenoxy) is 3. The predicted octanol–water partition coefficient (Wildman–Crippen LogP) is 3.10. The van der Waals surface area contributed by atoms with Gasteiger partial charge < -0.3 is 24.8 Å². The summed E-state index contributed by atoms with van der Waals surface area (Å²) in [4.78, 5) is 12.0. The van der Waals surface area contributed by atoms with Gasteiger partial charge in [-0.1, -0.05) is 30.3 Å². The van der Waals surface area contributed by atoms with Crippen molar-refractivity contribution in [2.75, 3.05) is 20.8 Å². The van der Waals surface area contributed by atoms with Crippen LogP contribution in [0.2, 0.25) is 0 Å². The van der Waals surface area contributed by atoms with Gasteiger partial charge in [-0.05, 0) is 30.2 Å². The molecule has 0 aliphatic rings. The molecule has 134 valence electrons. The smallest absolute Gasteiger partial charge is 0.315 e. The molecule has 2 amide bonds. The van der Waals surface area contributed by atoms with E-state index in [4.69, 9.17) is 14.2 Å². The summed E-state index contributed by atoms with van der Waals surface area (Å²) < 4.78 is 16.3. The minimum atomic E-state index is -0.240. The fraction of sp³-hybridized carbons (Fsp3) is 0.316. The highest BCUT2D eigenvalue weighted by molar-refractivity contribution is 5.73. The van der Waals surface area contributed by atoms with Gasteiger partial charge in [0.2, 0.25) is 5.75 Å². The number of carbonyl (C=O) groups excluding carboxylic acids is 1. The number of nitrogens with one attached hydrogen (secondary N) is 2. The normalized spacial score (nSPS) is 10.0. The molecule has 6 heteroatoms. The van der Waals surface area contributed by atoms with Crippen molar-refractivity contribution in [1.82, 2.24) is 10.6 Å². The van der Waals surface area contributed by atoms with Gasteiger partial charge in [0.05, 0.1) is 20.8 Å². The number of amides is 2. The van der Waals surface area contributed by atoms with Gasteiger partial charge >= 0.3 is 6.03 Å². The number of urea groups is 1. The highest BCUT2D eigenvalue weighted by Gasteiger charge is 2.14. The Kier molecular flexibility index (Phi) is 6.95. The zero-order chi connectivity index (χ0) is 18.1. The van der Waals surface area contributed by atoms with Crippen LogP contribution in [-0.2, 0) is 13.1 Å². The van der Waals surface area contributed by atoms with E-state index in [-0.39, 0.29) is 6.03 Å². The summed E-state index contributed by atoms with van der Waals surface area (Å²) in [7, 11) is 3.14. The highest BCUT2D eigenvalue weighted by atomic mass is 16.5. The molecule has 0 saturated carbocycles. The van der Waals surface area contributed by atoms with E-state index in [0.29, 0.717) is 36.9 Å². The van der Waals surface area contributed by atoms with Gasteiger partial charge in [-0.2, -0.15) is 0 Å². The Bertz CT molecular complexity index is 664. The molecule has 0 aromatic heterocycles. The molecule has 2 aromatic rings. The summed E-state index contributed by atoms with van der Waals surface area (Å²) in [5, 5.41) is 5.64. The lowest BCUT2D eigenvalue weighted by Gasteiger charge is -2.15. The van der Waals surface area contributed by atoms with Crippen LogP contribution in [0, 0.1) is 0 Å². The van der Waals surface area contributed by atoms with Crippen molar-refractivity contribution >= 4 is 6.03 Å². The Morgan fingerprint density at radius 2 is 1.48 bits per heavy atom. The van der Waals surface area contributed by atoms with Crippen molar-refractivity contribution in [3.63, 3.8) is 0 Å². The molecule has 0 unspecified atom stereocenters. The van der Waals surface area contributed by atoms with E-state index in [2.05, 4.69) is 10.6 Å². The summed E-state index contributed by atoms with van der Waals surface area (Å²) in [6, 6.07) is 13.1. The van der Waals surface area contributed by atoms with Crippen molar-refractivity contribution in [2.45, 2.75) is 20.0 Å². The largest absolute Gasteiger partial charge is 0.493 e. The van der Waals surface area contributed by atoms with E-state index in [1.807, 2.05) is 49.4 Å². The van der Waals surface area contributed by atoms with E-state index in [1.165, 1.54) is 0 Å². The maximum atomic E-state index is 12.0.